The van der Waals surface area contributed by atoms with Crippen LogP contribution in [0.4, 0.5) is 4.39 Å². The van der Waals surface area contributed by atoms with Gasteiger partial charge in [-0.1, -0.05) is 0 Å². The lowest BCUT2D eigenvalue weighted by atomic mass is 10.2. The second-order valence-corrected chi connectivity index (χ2v) is 4.68. The number of halogens is 1. The van der Waals surface area contributed by atoms with Crippen LogP contribution in [0.1, 0.15) is 10.6 Å². The molecule has 0 saturated carbocycles. The summed E-state index contributed by atoms with van der Waals surface area (Å²) in [7, 11) is 1.55. The first-order valence-corrected chi connectivity index (χ1v) is 6.69. The van der Waals surface area contributed by atoms with Crippen LogP contribution in [0.5, 0.6) is 5.75 Å². The number of hydrogen-bond donors (Lipinski definition) is 1. The Labute approximate surface area is 130 Å². The van der Waals surface area contributed by atoms with Gasteiger partial charge >= 0.3 is 5.97 Å². The molecule has 2 aromatic carbocycles. The van der Waals surface area contributed by atoms with E-state index in [1.165, 1.54) is 28.9 Å². The highest BCUT2D eigenvalue weighted by Gasteiger charge is 2.18. The van der Waals surface area contributed by atoms with Crippen LogP contribution >= 0.6 is 0 Å². The molecule has 0 unspecified atom stereocenters. The first kappa shape index (κ1) is 14.7. The number of benzene rings is 2. The lowest BCUT2D eigenvalue weighted by Crippen LogP contribution is -2.02. The zero-order valence-corrected chi connectivity index (χ0v) is 12.1. The molecule has 7 heteroatoms. The van der Waals surface area contributed by atoms with E-state index in [2.05, 4.69) is 10.1 Å². The van der Waals surface area contributed by atoms with Crippen LogP contribution in [0.25, 0.3) is 17.1 Å². The third-order valence-corrected chi connectivity index (χ3v) is 3.22. The molecule has 0 bridgehead atoms. The van der Waals surface area contributed by atoms with E-state index in [4.69, 9.17) is 9.84 Å². The third-order valence-electron chi connectivity index (χ3n) is 3.22. The lowest BCUT2D eigenvalue weighted by Gasteiger charge is -2.07. The molecular weight excluding hydrogens is 301 g/mol. The van der Waals surface area contributed by atoms with Gasteiger partial charge in [0.1, 0.15) is 11.6 Å². The third kappa shape index (κ3) is 2.89. The Morgan fingerprint density at radius 1 is 1.13 bits per heavy atom. The molecule has 116 valence electrons. The highest BCUT2D eigenvalue weighted by molar-refractivity contribution is 5.84. The molecule has 1 aromatic heterocycles. The Balaban J connectivity index is 2.13. The molecule has 1 N–H and O–H groups in total. The SMILES string of the molecule is COc1ccc(-n2nc(C(=O)O)nc2-c2ccc(F)cc2)cc1. The van der Waals surface area contributed by atoms with Crippen LogP contribution in [-0.2, 0) is 0 Å². The quantitative estimate of drug-likeness (QED) is 0.801. The van der Waals surface area contributed by atoms with E-state index < -0.39 is 5.97 Å². The molecule has 0 atom stereocenters. The van der Waals surface area contributed by atoms with Crippen LogP contribution in [0.2, 0.25) is 0 Å². The van der Waals surface area contributed by atoms with Gasteiger partial charge in [-0.3, -0.25) is 0 Å². The lowest BCUT2D eigenvalue weighted by molar-refractivity contribution is 0.0683. The number of nitrogens with zero attached hydrogens (tertiary/aromatic N) is 3. The molecule has 3 aromatic rings. The van der Waals surface area contributed by atoms with Crippen molar-refractivity contribution in [1.82, 2.24) is 14.8 Å². The van der Waals surface area contributed by atoms with Gasteiger partial charge in [0.2, 0.25) is 0 Å². The number of carboxylic acids is 1. The summed E-state index contributed by atoms with van der Waals surface area (Å²) >= 11 is 0. The number of aromatic carboxylic acids is 1. The van der Waals surface area contributed by atoms with Crippen molar-refractivity contribution in [1.29, 1.82) is 0 Å². The zero-order chi connectivity index (χ0) is 16.4. The maximum Gasteiger partial charge on any atom is 0.375 e. The summed E-state index contributed by atoms with van der Waals surface area (Å²) in [6, 6.07) is 12.5. The van der Waals surface area contributed by atoms with Crippen molar-refractivity contribution in [3.63, 3.8) is 0 Å². The highest BCUT2D eigenvalue weighted by atomic mass is 19.1. The number of hydrogen-bond acceptors (Lipinski definition) is 4. The van der Waals surface area contributed by atoms with Crippen molar-refractivity contribution in [2.24, 2.45) is 0 Å². The summed E-state index contributed by atoms with van der Waals surface area (Å²) in [5, 5.41) is 13.1. The zero-order valence-electron chi connectivity index (χ0n) is 12.1. The largest absolute Gasteiger partial charge is 0.497 e. The molecular formula is C16H12FN3O3. The van der Waals surface area contributed by atoms with Gasteiger partial charge in [0.05, 0.1) is 12.8 Å². The van der Waals surface area contributed by atoms with Crippen molar-refractivity contribution in [3.05, 3.63) is 60.2 Å². The van der Waals surface area contributed by atoms with Crippen LogP contribution < -0.4 is 4.74 Å². The standard InChI is InChI=1S/C16H12FN3O3/c1-23-13-8-6-12(7-9-13)20-15(18-14(19-20)16(21)22)10-2-4-11(17)5-3-10/h2-9H,1H3,(H,21,22). The number of aromatic nitrogens is 3. The molecule has 0 aliphatic rings. The summed E-state index contributed by atoms with van der Waals surface area (Å²) < 4.78 is 19.6. The van der Waals surface area contributed by atoms with Gasteiger partial charge < -0.3 is 9.84 Å². The number of rotatable bonds is 4. The van der Waals surface area contributed by atoms with Gasteiger partial charge in [-0.25, -0.2) is 18.9 Å². The maximum atomic E-state index is 13.1. The Kier molecular flexibility index (Phi) is 3.76. The van der Waals surface area contributed by atoms with E-state index >= 15 is 0 Å². The van der Waals surface area contributed by atoms with E-state index in [1.54, 1.807) is 31.4 Å². The predicted octanol–water partition coefficient (Wildman–Crippen LogP) is 2.78. The molecule has 0 aliphatic carbocycles. The van der Waals surface area contributed by atoms with Crippen molar-refractivity contribution >= 4 is 5.97 Å². The normalized spacial score (nSPS) is 10.5. The summed E-state index contributed by atoms with van der Waals surface area (Å²) in [5.41, 5.74) is 1.17. The molecule has 1 heterocycles. The molecule has 0 saturated heterocycles. The van der Waals surface area contributed by atoms with Gasteiger partial charge in [0, 0.05) is 5.56 Å². The van der Waals surface area contributed by atoms with Crippen LogP contribution in [-0.4, -0.2) is 33.0 Å². The van der Waals surface area contributed by atoms with E-state index in [0.29, 0.717) is 22.8 Å². The minimum absolute atomic E-state index is 0.313. The molecule has 6 nitrogen and oxygen atoms in total. The number of carbonyl (C=O) groups is 1. The van der Waals surface area contributed by atoms with E-state index in [0.717, 1.165) is 0 Å². The van der Waals surface area contributed by atoms with Crippen molar-refractivity contribution < 1.29 is 19.0 Å². The Morgan fingerprint density at radius 2 is 1.78 bits per heavy atom. The maximum absolute atomic E-state index is 13.1. The minimum Gasteiger partial charge on any atom is -0.497 e. The fourth-order valence-corrected chi connectivity index (χ4v) is 2.09. The van der Waals surface area contributed by atoms with Crippen molar-refractivity contribution in [3.8, 4) is 22.8 Å². The van der Waals surface area contributed by atoms with Gasteiger partial charge in [0.25, 0.3) is 5.82 Å². The first-order chi connectivity index (χ1) is 11.1. The second kappa shape index (κ2) is 5.88. The smallest absolute Gasteiger partial charge is 0.375 e. The van der Waals surface area contributed by atoms with Crippen LogP contribution in [0.3, 0.4) is 0 Å². The van der Waals surface area contributed by atoms with E-state index in [1.807, 2.05) is 0 Å². The monoisotopic (exact) mass is 313 g/mol. The first-order valence-electron chi connectivity index (χ1n) is 6.69. The molecule has 23 heavy (non-hydrogen) atoms. The summed E-state index contributed by atoms with van der Waals surface area (Å²) in [6.07, 6.45) is 0. The van der Waals surface area contributed by atoms with Crippen LogP contribution in [0.15, 0.2) is 48.5 Å². The fraction of sp³-hybridized carbons (Fsp3) is 0.0625. The van der Waals surface area contributed by atoms with Crippen molar-refractivity contribution in [2.75, 3.05) is 7.11 Å². The molecule has 0 aliphatic heterocycles. The number of ether oxygens (including phenoxy) is 1. The Bertz CT molecular complexity index is 842. The van der Waals surface area contributed by atoms with Gasteiger partial charge in [-0.15, -0.1) is 5.10 Å². The Morgan fingerprint density at radius 3 is 2.35 bits per heavy atom. The van der Waals surface area contributed by atoms with Gasteiger partial charge in [-0.05, 0) is 48.5 Å². The summed E-state index contributed by atoms with van der Waals surface area (Å²) in [5.74, 6) is -0.980. The topological polar surface area (TPSA) is 77.2 Å². The van der Waals surface area contributed by atoms with E-state index in [9.17, 15) is 9.18 Å². The van der Waals surface area contributed by atoms with Crippen molar-refractivity contribution in [2.45, 2.75) is 0 Å². The molecule has 0 radical (unpaired) electrons. The average Bonchev–Trinajstić information content (AvgIpc) is 3.01. The number of methoxy groups -OCH3 is 1. The molecule has 0 fully saturated rings. The predicted molar refractivity (Wildman–Crippen MR) is 80.3 cm³/mol. The van der Waals surface area contributed by atoms with Gasteiger partial charge in [0.15, 0.2) is 5.82 Å². The minimum atomic E-state index is -1.24. The van der Waals surface area contributed by atoms with Gasteiger partial charge in [-0.2, -0.15) is 0 Å². The summed E-state index contributed by atoms with van der Waals surface area (Å²) in [6.45, 7) is 0. The molecule has 3 rings (SSSR count). The van der Waals surface area contributed by atoms with E-state index in [-0.39, 0.29) is 11.6 Å². The average molecular weight is 313 g/mol. The molecule has 0 spiro atoms. The highest BCUT2D eigenvalue weighted by Crippen LogP contribution is 2.23. The fourth-order valence-electron chi connectivity index (χ4n) is 2.09. The summed E-state index contributed by atoms with van der Waals surface area (Å²) in [4.78, 5) is 15.2. The second-order valence-electron chi connectivity index (χ2n) is 4.68. The number of carboxylic acid groups (broad SMARTS) is 1. The Hall–Kier alpha value is -3.22. The van der Waals surface area contributed by atoms with Crippen LogP contribution in [0, 0.1) is 5.82 Å². The molecule has 0 amide bonds.